The van der Waals surface area contributed by atoms with E-state index in [-0.39, 0.29) is 11.5 Å². The van der Waals surface area contributed by atoms with Gasteiger partial charge in [-0.25, -0.2) is 4.98 Å². The minimum absolute atomic E-state index is 0.225. The number of nitrogens with one attached hydrogen (secondary N) is 1. The van der Waals surface area contributed by atoms with E-state index in [9.17, 15) is 9.59 Å². The van der Waals surface area contributed by atoms with Crippen molar-refractivity contribution in [3.05, 3.63) is 55.9 Å². The first-order chi connectivity index (χ1) is 15.8. The van der Waals surface area contributed by atoms with Crippen LogP contribution in [-0.4, -0.2) is 32.8 Å². The number of hydrogen-bond acceptors (Lipinski definition) is 8. The highest BCUT2D eigenvalue weighted by atomic mass is 32.1. The number of thiophene rings is 1. The van der Waals surface area contributed by atoms with E-state index in [4.69, 9.17) is 4.74 Å². The van der Waals surface area contributed by atoms with Gasteiger partial charge in [-0.1, -0.05) is 36.5 Å². The van der Waals surface area contributed by atoms with E-state index in [0.717, 1.165) is 21.6 Å². The highest BCUT2D eigenvalue weighted by molar-refractivity contribution is 7.19. The van der Waals surface area contributed by atoms with Crippen molar-refractivity contribution < 1.29 is 9.53 Å². The molecule has 33 heavy (non-hydrogen) atoms. The van der Waals surface area contributed by atoms with Crippen LogP contribution in [0.4, 0.5) is 5.13 Å². The number of aryl methyl sites for hydroxylation is 3. The Kier molecular flexibility index (Phi) is 6.68. The molecule has 1 unspecified atom stereocenters. The predicted octanol–water partition coefficient (Wildman–Crippen LogP) is 4.64. The average molecular weight is 484 g/mol. The number of carbonyl (C=O) groups is 1. The van der Waals surface area contributed by atoms with Crippen molar-refractivity contribution >= 4 is 43.9 Å². The molecule has 3 aromatic heterocycles. The fourth-order valence-electron chi connectivity index (χ4n) is 3.77. The van der Waals surface area contributed by atoms with Gasteiger partial charge in [-0.2, -0.15) is 0 Å². The second-order valence-corrected chi connectivity index (χ2v) is 10.1. The molecule has 0 aliphatic heterocycles. The number of hydrogen-bond donors (Lipinski definition) is 1. The molecular formula is C23H25N5O3S2. The van der Waals surface area contributed by atoms with Crippen molar-refractivity contribution in [3.63, 3.8) is 0 Å². The number of amides is 1. The van der Waals surface area contributed by atoms with Gasteiger partial charge in [0.1, 0.15) is 22.5 Å². The summed E-state index contributed by atoms with van der Waals surface area (Å²) in [5, 5.41) is 12.3. The van der Waals surface area contributed by atoms with Gasteiger partial charge in [0.25, 0.3) is 5.56 Å². The molecule has 0 aliphatic rings. The summed E-state index contributed by atoms with van der Waals surface area (Å²) in [6.45, 7) is 8.30. The number of fused-ring (bicyclic) bond motifs is 1. The Labute approximate surface area is 199 Å². The van der Waals surface area contributed by atoms with Crippen LogP contribution >= 0.6 is 22.7 Å². The topological polar surface area (TPSA) is 99.0 Å². The lowest BCUT2D eigenvalue weighted by atomic mass is 9.99. The number of anilines is 1. The molecule has 0 spiro atoms. The molecule has 4 aromatic rings. The minimum atomic E-state index is -0.725. The van der Waals surface area contributed by atoms with Crippen LogP contribution in [0.5, 0.6) is 0 Å². The largest absolute Gasteiger partial charge is 0.377 e. The third-order valence-electron chi connectivity index (χ3n) is 5.60. The molecule has 0 saturated heterocycles. The normalized spacial score (nSPS) is 12.3. The van der Waals surface area contributed by atoms with Crippen molar-refractivity contribution in [2.45, 2.75) is 46.8 Å². The lowest BCUT2D eigenvalue weighted by molar-refractivity contribution is -0.119. The summed E-state index contributed by atoms with van der Waals surface area (Å²) in [5.41, 5.74) is 3.99. The number of rotatable bonds is 7. The average Bonchev–Trinajstić information content (AvgIpc) is 3.36. The van der Waals surface area contributed by atoms with Crippen LogP contribution in [0.2, 0.25) is 0 Å². The standard InChI is InChI=1S/C23H25N5O3S2/c1-6-16(20(29)25-23-27-26-17(33-23)10-31-5)28-11-24-21-19(22(28)30)18(14(4)32-21)15-8-7-12(2)13(3)9-15/h7-9,11,16H,6,10H2,1-5H3,(H,25,27,29). The van der Waals surface area contributed by atoms with Crippen molar-refractivity contribution in [3.8, 4) is 11.1 Å². The Hall–Kier alpha value is -2.95. The molecule has 0 aliphatic carbocycles. The maximum absolute atomic E-state index is 13.6. The lowest BCUT2D eigenvalue weighted by Gasteiger charge is -2.16. The van der Waals surface area contributed by atoms with E-state index in [1.165, 1.54) is 39.1 Å². The van der Waals surface area contributed by atoms with Crippen molar-refractivity contribution in [2.24, 2.45) is 0 Å². The minimum Gasteiger partial charge on any atom is -0.377 e. The summed E-state index contributed by atoms with van der Waals surface area (Å²) in [7, 11) is 1.57. The molecule has 8 nitrogen and oxygen atoms in total. The molecule has 0 fully saturated rings. The second kappa shape index (κ2) is 9.50. The number of carbonyl (C=O) groups excluding carboxylic acids is 1. The molecule has 1 N–H and O–H groups in total. The quantitative estimate of drug-likeness (QED) is 0.411. The molecular weight excluding hydrogens is 458 g/mol. The molecule has 10 heteroatoms. The third kappa shape index (κ3) is 4.46. The molecule has 3 heterocycles. The Morgan fingerprint density at radius 1 is 1.18 bits per heavy atom. The van der Waals surface area contributed by atoms with E-state index in [2.05, 4.69) is 46.5 Å². The Balaban J connectivity index is 1.75. The van der Waals surface area contributed by atoms with Crippen LogP contribution < -0.4 is 10.9 Å². The van der Waals surface area contributed by atoms with Gasteiger partial charge in [-0.05, 0) is 43.9 Å². The molecule has 0 saturated carbocycles. The van der Waals surface area contributed by atoms with E-state index in [1.54, 1.807) is 7.11 Å². The molecule has 4 rings (SSSR count). The zero-order valence-electron chi connectivity index (χ0n) is 19.1. The fourth-order valence-corrected chi connectivity index (χ4v) is 5.48. The van der Waals surface area contributed by atoms with Crippen LogP contribution in [0.25, 0.3) is 21.3 Å². The summed E-state index contributed by atoms with van der Waals surface area (Å²) in [4.78, 5) is 32.9. The van der Waals surface area contributed by atoms with Crippen LogP contribution in [-0.2, 0) is 16.1 Å². The molecule has 0 bridgehead atoms. The summed E-state index contributed by atoms with van der Waals surface area (Å²) in [6.07, 6.45) is 1.89. The molecule has 1 amide bonds. The first kappa shape index (κ1) is 23.2. The first-order valence-electron chi connectivity index (χ1n) is 10.5. The van der Waals surface area contributed by atoms with Gasteiger partial charge in [0.05, 0.1) is 11.7 Å². The Morgan fingerprint density at radius 3 is 2.67 bits per heavy atom. The Morgan fingerprint density at radius 2 is 1.97 bits per heavy atom. The molecule has 172 valence electrons. The van der Waals surface area contributed by atoms with Crippen molar-refractivity contribution in [1.29, 1.82) is 0 Å². The van der Waals surface area contributed by atoms with Gasteiger partial charge in [0, 0.05) is 17.6 Å². The van der Waals surface area contributed by atoms with E-state index in [1.807, 2.05) is 19.9 Å². The van der Waals surface area contributed by atoms with E-state index in [0.29, 0.717) is 33.4 Å². The van der Waals surface area contributed by atoms with Gasteiger partial charge < -0.3 is 4.74 Å². The van der Waals surface area contributed by atoms with E-state index < -0.39 is 6.04 Å². The van der Waals surface area contributed by atoms with Gasteiger partial charge in [-0.15, -0.1) is 21.5 Å². The number of benzene rings is 1. The summed E-state index contributed by atoms with van der Waals surface area (Å²) < 4.78 is 6.47. The number of ether oxygens (including phenoxy) is 1. The zero-order valence-corrected chi connectivity index (χ0v) is 20.8. The van der Waals surface area contributed by atoms with Gasteiger partial charge in [0.15, 0.2) is 0 Å². The smallest absolute Gasteiger partial charge is 0.263 e. The first-order valence-corrected chi connectivity index (χ1v) is 12.2. The monoisotopic (exact) mass is 483 g/mol. The lowest BCUT2D eigenvalue weighted by Crippen LogP contribution is -2.33. The van der Waals surface area contributed by atoms with Gasteiger partial charge in [-0.3, -0.25) is 19.5 Å². The fraction of sp³-hybridized carbons (Fsp3) is 0.348. The summed E-state index contributed by atoms with van der Waals surface area (Å²) in [5.74, 6) is -0.333. The van der Waals surface area contributed by atoms with Crippen molar-refractivity contribution in [2.75, 3.05) is 12.4 Å². The third-order valence-corrected chi connectivity index (χ3v) is 7.42. The second-order valence-electron chi connectivity index (χ2n) is 7.82. The molecule has 1 atom stereocenters. The molecule has 0 radical (unpaired) electrons. The van der Waals surface area contributed by atoms with Crippen LogP contribution in [0.3, 0.4) is 0 Å². The number of methoxy groups -OCH3 is 1. The number of nitrogens with zero attached hydrogens (tertiary/aromatic N) is 4. The maximum atomic E-state index is 13.6. The van der Waals surface area contributed by atoms with Crippen LogP contribution in [0.15, 0.2) is 29.3 Å². The predicted molar refractivity (Wildman–Crippen MR) is 132 cm³/mol. The van der Waals surface area contributed by atoms with Gasteiger partial charge >= 0.3 is 0 Å². The van der Waals surface area contributed by atoms with Crippen LogP contribution in [0.1, 0.15) is 40.4 Å². The van der Waals surface area contributed by atoms with Gasteiger partial charge in [0.2, 0.25) is 11.0 Å². The molecule has 1 aromatic carbocycles. The highest BCUT2D eigenvalue weighted by Gasteiger charge is 2.25. The highest BCUT2D eigenvalue weighted by Crippen LogP contribution is 2.36. The van der Waals surface area contributed by atoms with Crippen LogP contribution in [0, 0.1) is 20.8 Å². The van der Waals surface area contributed by atoms with E-state index >= 15 is 0 Å². The number of aromatic nitrogens is 4. The summed E-state index contributed by atoms with van der Waals surface area (Å²) in [6, 6.07) is 5.46. The zero-order chi connectivity index (χ0) is 23.7. The maximum Gasteiger partial charge on any atom is 0.263 e. The SMILES string of the molecule is CCC(C(=O)Nc1nnc(COC)s1)n1cnc2sc(C)c(-c3ccc(C)c(C)c3)c2c1=O. The van der Waals surface area contributed by atoms with Crippen molar-refractivity contribution in [1.82, 2.24) is 19.7 Å². The Bertz CT molecular complexity index is 1390. The summed E-state index contributed by atoms with van der Waals surface area (Å²) >= 11 is 2.73.